The van der Waals surface area contributed by atoms with Gasteiger partial charge in [0.1, 0.15) is 0 Å². The zero-order valence-corrected chi connectivity index (χ0v) is 9.52. The third kappa shape index (κ3) is 2.82. The van der Waals surface area contributed by atoms with Crippen LogP contribution in [0.5, 0.6) is 0 Å². The fourth-order valence-electron chi connectivity index (χ4n) is 0.949. The molecule has 0 saturated heterocycles. The molecule has 3 nitrogen and oxygen atoms in total. The maximum Gasteiger partial charge on any atom is 0.241 e. The molecule has 0 aromatic carbocycles. The Morgan fingerprint density at radius 2 is 2.21 bits per heavy atom. The van der Waals surface area contributed by atoms with Gasteiger partial charge in [-0.15, -0.1) is 0 Å². The van der Waals surface area contributed by atoms with Crippen LogP contribution >= 0.6 is 11.3 Å². The summed E-state index contributed by atoms with van der Waals surface area (Å²) in [6, 6.07) is 1.38. The normalized spacial score (nSPS) is 13.7. The standard InChI is InChI=1S/C10H16N2OS/c1-10(2,3)8(11)9(13)12-7-4-5-14-6-7/h4-6,8H,11H2,1-3H3,(H,12,13)/t8-/m1/s1. The van der Waals surface area contributed by atoms with Crippen LogP contribution in [-0.4, -0.2) is 11.9 Å². The Balaban J connectivity index is 2.59. The minimum absolute atomic E-state index is 0.129. The first-order valence-electron chi connectivity index (χ1n) is 4.50. The summed E-state index contributed by atoms with van der Waals surface area (Å²) in [4.78, 5) is 11.6. The van der Waals surface area contributed by atoms with Crippen molar-refractivity contribution in [3.63, 3.8) is 0 Å². The van der Waals surface area contributed by atoms with Crippen LogP contribution in [0.15, 0.2) is 16.8 Å². The van der Waals surface area contributed by atoms with Crippen molar-refractivity contribution in [2.45, 2.75) is 26.8 Å². The van der Waals surface area contributed by atoms with Gasteiger partial charge in [-0.1, -0.05) is 20.8 Å². The van der Waals surface area contributed by atoms with Gasteiger partial charge in [-0.3, -0.25) is 4.79 Å². The molecule has 0 radical (unpaired) electrons. The van der Waals surface area contributed by atoms with Gasteiger partial charge in [-0.25, -0.2) is 0 Å². The summed E-state index contributed by atoms with van der Waals surface area (Å²) in [5.74, 6) is -0.129. The van der Waals surface area contributed by atoms with Crippen molar-refractivity contribution in [1.29, 1.82) is 0 Å². The highest BCUT2D eigenvalue weighted by Crippen LogP contribution is 2.19. The molecule has 0 spiro atoms. The average Bonchev–Trinajstić information content (AvgIpc) is 2.53. The first-order valence-corrected chi connectivity index (χ1v) is 5.44. The van der Waals surface area contributed by atoms with Crippen molar-refractivity contribution in [2.24, 2.45) is 11.1 Å². The zero-order valence-electron chi connectivity index (χ0n) is 8.70. The van der Waals surface area contributed by atoms with Gasteiger partial charge >= 0.3 is 0 Å². The van der Waals surface area contributed by atoms with Gasteiger partial charge in [0.05, 0.1) is 11.7 Å². The van der Waals surface area contributed by atoms with E-state index >= 15 is 0 Å². The largest absolute Gasteiger partial charge is 0.324 e. The number of hydrogen-bond donors (Lipinski definition) is 2. The third-order valence-corrected chi connectivity index (χ3v) is 2.69. The lowest BCUT2D eigenvalue weighted by molar-refractivity contribution is -0.119. The molecule has 1 aromatic rings. The highest BCUT2D eigenvalue weighted by molar-refractivity contribution is 7.08. The number of amides is 1. The molecule has 4 heteroatoms. The molecular weight excluding hydrogens is 196 g/mol. The van der Waals surface area contributed by atoms with E-state index in [1.165, 1.54) is 0 Å². The topological polar surface area (TPSA) is 55.1 Å². The van der Waals surface area contributed by atoms with Crippen molar-refractivity contribution < 1.29 is 4.79 Å². The van der Waals surface area contributed by atoms with Crippen molar-refractivity contribution in [1.82, 2.24) is 0 Å². The summed E-state index contributed by atoms with van der Waals surface area (Å²) in [5.41, 5.74) is 6.41. The molecule has 1 heterocycles. The van der Waals surface area contributed by atoms with Gasteiger partial charge in [0, 0.05) is 5.38 Å². The molecule has 1 amide bonds. The second-order valence-electron chi connectivity index (χ2n) is 4.34. The number of nitrogens with one attached hydrogen (secondary N) is 1. The molecule has 14 heavy (non-hydrogen) atoms. The van der Waals surface area contributed by atoms with Gasteiger partial charge in [0.2, 0.25) is 5.91 Å². The van der Waals surface area contributed by atoms with E-state index in [1.807, 2.05) is 37.6 Å². The number of hydrogen-bond acceptors (Lipinski definition) is 3. The fourth-order valence-corrected chi connectivity index (χ4v) is 1.54. The number of anilines is 1. The van der Waals surface area contributed by atoms with Crippen LogP contribution in [0, 0.1) is 5.41 Å². The SMILES string of the molecule is CC(C)(C)[C@H](N)C(=O)Nc1ccsc1. The van der Waals surface area contributed by atoms with E-state index in [4.69, 9.17) is 5.73 Å². The summed E-state index contributed by atoms with van der Waals surface area (Å²) < 4.78 is 0. The zero-order chi connectivity index (χ0) is 10.8. The van der Waals surface area contributed by atoms with E-state index < -0.39 is 6.04 Å². The lowest BCUT2D eigenvalue weighted by Crippen LogP contribution is -2.45. The maximum atomic E-state index is 11.6. The highest BCUT2D eigenvalue weighted by Gasteiger charge is 2.27. The van der Waals surface area contributed by atoms with Gasteiger partial charge in [-0.2, -0.15) is 11.3 Å². The Morgan fingerprint density at radius 3 is 2.64 bits per heavy atom. The van der Waals surface area contributed by atoms with Crippen LogP contribution in [0.3, 0.4) is 0 Å². The molecule has 0 saturated carbocycles. The summed E-state index contributed by atoms with van der Waals surface area (Å²) in [5, 5.41) is 6.57. The molecule has 3 N–H and O–H groups in total. The van der Waals surface area contributed by atoms with Gasteiger partial charge < -0.3 is 11.1 Å². The summed E-state index contributed by atoms with van der Waals surface area (Å²) in [6.07, 6.45) is 0. The highest BCUT2D eigenvalue weighted by atomic mass is 32.1. The van der Waals surface area contributed by atoms with Crippen LogP contribution in [0.2, 0.25) is 0 Å². The maximum absolute atomic E-state index is 11.6. The van der Waals surface area contributed by atoms with Gasteiger partial charge in [0.15, 0.2) is 0 Å². The molecule has 78 valence electrons. The number of carbonyl (C=O) groups excluding carboxylic acids is 1. The number of thiophene rings is 1. The van der Waals surface area contributed by atoms with Crippen LogP contribution in [0.1, 0.15) is 20.8 Å². The van der Waals surface area contributed by atoms with Crippen LogP contribution in [0.4, 0.5) is 5.69 Å². The van der Waals surface area contributed by atoms with E-state index in [-0.39, 0.29) is 11.3 Å². The molecule has 0 unspecified atom stereocenters. The minimum Gasteiger partial charge on any atom is -0.324 e. The predicted molar refractivity (Wildman–Crippen MR) is 60.4 cm³/mol. The summed E-state index contributed by atoms with van der Waals surface area (Å²) >= 11 is 1.55. The summed E-state index contributed by atoms with van der Waals surface area (Å²) in [6.45, 7) is 5.85. The number of carbonyl (C=O) groups is 1. The monoisotopic (exact) mass is 212 g/mol. The smallest absolute Gasteiger partial charge is 0.241 e. The average molecular weight is 212 g/mol. The van der Waals surface area contributed by atoms with Crippen molar-refractivity contribution >= 4 is 22.9 Å². The molecule has 1 atom stereocenters. The van der Waals surface area contributed by atoms with E-state index in [2.05, 4.69) is 5.32 Å². The summed E-state index contributed by atoms with van der Waals surface area (Å²) in [7, 11) is 0. The number of nitrogens with two attached hydrogens (primary N) is 1. The molecule has 1 aromatic heterocycles. The molecule has 1 rings (SSSR count). The molecule has 0 aliphatic heterocycles. The molecular formula is C10H16N2OS. The molecule has 0 fully saturated rings. The first-order chi connectivity index (χ1) is 6.41. The Kier molecular flexibility index (Phi) is 3.29. The van der Waals surface area contributed by atoms with Crippen molar-refractivity contribution in [2.75, 3.05) is 5.32 Å². The lowest BCUT2D eigenvalue weighted by atomic mass is 9.87. The van der Waals surface area contributed by atoms with Gasteiger partial charge in [-0.05, 0) is 16.9 Å². The van der Waals surface area contributed by atoms with Crippen molar-refractivity contribution in [3.8, 4) is 0 Å². The van der Waals surface area contributed by atoms with Crippen LogP contribution in [-0.2, 0) is 4.79 Å². The predicted octanol–water partition coefficient (Wildman–Crippen LogP) is 2.06. The Labute approximate surface area is 88.3 Å². The number of rotatable bonds is 2. The second kappa shape index (κ2) is 4.11. The van der Waals surface area contributed by atoms with Gasteiger partial charge in [0.25, 0.3) is 0 Å². The molecule has 0 bridgehead atoms. The Hall–Kier alpha value is -0.870. The minimum atomic E-state index is -0.484. The Morgan fingerprint density at radius 1 is 1.57 bits per heavy atom. The quantitative estimate of drug-likeness (QED) is 0.788. The first kappa shape index (κ1) is 11.2. The van der Waals surface area contributed by atoms with Crippen molar-refractivity contribution in [3.05, 3.63) is 16.8 Å². The fraction of sp³-hybridized carbons (Fsp3) is 0.500. The van der Waals surface area contributed by atoms with E-state index in [1.54, 1.807) is 11.3 Å². The van der Waals surface area contributed by atoms with E-state index in [0.717, 1.165) is 5.69 Å². The molecule has 0 aliphatic rings. The second-order valence-corrected chi connectivity index (χ2v) is 5.13. The molecule has 0 aliphatic carbocycles. The van der Waals surface area contributed by atoms with E-state index in [0.29, 0.717) is 0 Å². The van der Waals surface area contributed by atoms with Crippen LogP contribution < -0.4 is 11.1 Å². The lowest BCUT2D eigenvalue weighted by Gasteiger charge is -2.25. The van der Waals surface area contributed by atoms with E-state index in [9.17, 15) is 4.79 Å². The third-order valence-electron chi connectivity index (χ3n) is 2.00. The van der Waals surface area contributed by atoms with Crippen LogP contribution in [0.25, 0.3) is 0 Å². The Bertz CT molecular complexity index is 300.